The van der Waals surface area contributed by atoms with Gasteiger partial charge >= 0.3 is 6.18 Å². The minimum absolute atomic E-state index is 0.160. The quantitative estimate of drug-likeness (QED) is 0.623. The molecule has 0 saturated carbocycles. The summed E-state index contributed by atoms with van der Waals surface area (Å²) in [7, 11) is 0. The third-order valence-corrected chi connectivity index (χ3v) is 2.47. The number of alkyl halides is 3. The Morgan fingerprint density at radius 2 is 1.87 bits per heavy atom. The fraction of sp³-hybridized carbons (Fsp3) is 0.125. The zero-order valence-corrected chi connectivity index (χ0v) is 9.19. The second kappa shape index (κ2) is 3.95. The van der Waals surface area contributed by atoms with Crippen LogP contribution in [0.1, 0.15) is 15.9 Å². The van der Waals surface area contributed by atoms with Crippen LogP contribution in [0.5, 0.6) is 0 Å². The number of hydrogen-bond donors (Lipinski definition) is 1. The van der Waals surface area contributed by atoms with E-state index in [4.69, 9.17) is 5.73 Å². The lowest BCUT2D eigenvalue weighted by molar-refractivity contribution is -0.137. The van der Waals surface area contributed by atoms with Gasteiger partial charge in [0.2, 0.25) is 0 Å². The normalized spacial score (nSPS) is 11.5. The van der Waals surface area contributed by atoms with Gasteiger partial charge in [0.15, 0.2) is 0 Å². The van der Waals surface area contributed by atoms with Gasteiger partial charge in [0.25, 0.3) is 5.91 Å². The van der Waals surface area contributed by atoms with Crippen LogP contribution in [0.25, 0.3) is 0 Å². The number of benzene rings is 1. The third-order valence-electron chi connectivity index (χ3n) is 1.62. The van der Waals surface area contributed by atoms with Crippen molar-refractivity contribution in [2.24, 2.45) is 5.73 Å². The molecule has 1 aromatic carbocycles. The molecule has 0 heterocycles. The first-order valence-corrected chi connectivity index (χ1v) is 4.67. The highest BCUT2D eigenvalue weighted by Gasteiger charge is 2.32. The first kappa shape index (κ1) is 12.2. The predicted molar refractivity (Wildman–Crippen MR) is 52.6 cm³/mol. The summed E-state index contributed by atoms with van der Waals surface area (Å²) in [5.41, 5.74) is 3.14. The van der Waals surface area contributed by atoms with Crippen molar-refractivity contribution in [3.8, 4) is 0 Å². The van der Waals surface area contributed by atoms with Crippen molar-refractivity contribution in [1.82, 2.24) is 0 Å². The minimum Gasteiger partial charge on any atom is -0.365 e. The van der Waals surface area contributed by atoms with Crippen molar-refractivity contribution < 1.29 is 22.4 Å². The average Bonchev–Trinajstić information content (AvgIpc) is 1.99. The molecule has 2 nitrogen and oxygen atoms in total. The lowest BCUT2D eigenvalue weighted by atomic mass is 10.1. The van der Waals surface area contributed by atoms with Crippen molar-refractivity contribution in [1.29, 1.82) is 0 Å². The smallest absolute Gasteiger partial charge is 0.365 e. The Balaban J connectivity index is 3.39. The molecule has 0 atom stereocenters. The highest BCUT2D eigenvalue weighted by Crippen LogP contribution is 2.32. The van der Waals surface area contributed by atoms with Crippen LogP contribution < -0.4 is 5.73 Å². The summed E-state index contributed by atoms with van der Waals surface area (Å²) in [5, 5.41) is 0. The van der Waals surface area contributed by atoms with Crippen LogP contribution in [0.3, 0.4) is 0 Å². The Morgan fingerprint density at radius 3 is 2.20 bits per heavy atom. The zero-order valence-electron chi connectivity index (χ0n) is 7.03. The monoisotopic (exact) mass is 333 g/mol. The number of rotatable bonds is 1. The van der Waals surface area contributed by atoms with Gasteiger partial charge in [0, 0.05) is 3.57 Å². The molecule has 1 amide bonds. The molecule has 15 heavy (non-hydrogen) atoms. The van der Waals surface area contributed by atoms with Crippen LogP contribution in [0.2, 0.25) is 0 Å². The van der Waals surface area contributed by atoms with Crippen molar-refractivity contribution in [3.63, 3.8) is 0 Å². The molecule has 0 radical (unpaired) electrons. The van der Waals surface area contributed by atoms with Gasteiger partial charge in [-0.2, -0.15) is 13.2 Å². The molecule has 0 aliphatic carbocycles. The van der Waals surface area contributed by atoms with Crippen LogP contribution in [0.15, 0.2) is 12.1 Å². The molecule has 0 aromatic heterocycles. The van der Waals surface area contributed by atoms with E-state index in [9.17, 15) is 22.4 Å². The lowest BCUT2D eigenvalue weighted by Crippen LogP contribution is -2.17. The number of hydrogen-bond acceptors (Lipinski definition) is 1. The molecule has 82 valence electrons. The van der Waals surface area contributed by atoms with Gasteiger partial charge in [-0.3, -0.25) is 4.79 Å². The molecule has 2 N–H and O–H groups in total. The predicted octanol–water partition coefficient (Wildman–Crippen LogP) is 2.55. The first-order valence-electron chi connectivity index (χ1n) is 3.59. The molecule has 0 aliphatic heterocycles. The van der Waals surface area contributed by atoms with Crippen LogP contribution in [-0.2, 0) is 6.18 Å². The molecular weight excluding hydrogens is 329 g/mol. The third kappa shape index (κ3) is 2.58. The first-order chi connectivity index (χ1) is 6.73. The average molecular weight is 333 g/mol. The maximum Gasteiger partial charge on any atom is 0.416 e. The molecular formula is C8H4F4INO. The SMILES string of the molecule is NC(=O)c1c(F)cc(C(F)(F)F)cc1I. The Kier molecular flexibility index (Phi) is 3.22. The van der Waals surface area contributed by atoms with Crippen LogP contribution >= 0.6 is 22.6 Å². The maximum absolute atomic E-state index is 13.1. The van der Waals surface area contributed by atoms with Crippen molar-refractivity contribution >= 4 is 28.5 Å². The van der Waals surface area contributed by atoms with Crippen molar-refractivity contribution in [2.45, 2.75) is 6.18 Å². The van der Waals surface area contributed by atoms with Gasteiger partial charge in [-0.05, 0) is 34.7 Å². The summed E-state index contributed by atoms with van der Waals surface area (Å²) in [4.78, 5) is 10.7. The van der Waals surface area contributed by atoms with Gasteiger partial charge in [-0.15, -0.1) is 0 Å². The highest BCUT2D eigenvalue weighted by atomic mass is 127. The molecule has 0 fully saturated rings. The largest absolute Gasteiger partial charge is 0.416 e. The molecule has 0 spiro atoms. The summed E-state index contributed by atoms with van der Waals surface area (Å²) in [6.07, 6.45) is -4.64. The Labute approximate surface area is 95.6 Å². The standard InChI is InChI=1S/C8H4F4INO/c9-4-1-3(8(10,11)12)2-5(13)6(4)7(14)15/h1-2H,(H2,14,15). The van der Waals surface area contributed by atoms with Crippen molar-refractivity contribution in [3.05, 3.63) is 32.6 Å². The summed E-state index contributed by atoms with van der Waals surface area (Å²) in [6.45, 7) is 0. The summed E-state index contributed by atoms with van der Waals surface area (Å²) >= 11 is 1.43. The molecule has 7 heteroatoms. The van der Waals surface area contributed by atoms with Crippen LogP contribution in [0, 0.1) is 9.39 Å². The van der Waals surface area contributed by atoms with E-state index in [2.05, 4.69) is 0 Å². The Hall–Kier alpha value is -0.860. The molecule has 0 bridgehead atoms. The number of carbonyl (C=O) groups is 1. The number of primary amides is 1. The Morgan fingerprint density at radius 1 is 1.33 bits per heavy atom. The van der Waals surface area contributed by atoms with E-state index in [-0.39, 0.29) is 9.64 Å². The van der Waals surface area contributed by atoms with Gasteiger partial charge in [-0.25, -0.2) is 4.39 Å². The molecule has 1 rings (SSSR count). The van der Waals surface area contributed by atoms with E-state index in [1.807, 2.05) is 0 Å². The molecule has 1 aromatic rings. The van der Waals surface area contributed by atoms with Gasteiger partial charge < -0.3 is 5.73 Å². The second-order valence-corrected chi connectivity index (χ2v) is 3.84. The van der Waals surface area contributed by atoms with E-state index in [1.165, 1.54) is 22.6 Å². The van der Waals surface area contributed by atoms with Gasteiger partial charge in [-0.1, -0.05) is 0 Å². The van der Waals surface area contributed by atoms with E-state index in [0.29, 0.717) is 6.07 Å². The maximum atomic E-state index is 13.1. The van der Waals surface area contributed by atoms with Crippen LogP contribution in [0.4, 0.5) is 17.6 Å². The topological polar surface area (TPSA) is 43.1 Å². The van der Waals surface area contributed by atoms with Crippen molar-refractivity contribution in [2.75, 3.05) is 0 Å². The molecule has 0 saturated heterocycles. The van der Waals surface area contributed by atoms with Gasteiger partial charge in [0.1, 0.15) is 5.82 Å². The molecule has 0 aliphatic rings. The number of nitrogens with two attached hydrogens (primary N) is 1. The van der Waals surface area contributed by atoms with E-state index < -0.39 is 29.0 Å². The van der Waals surface area contributed by atoms with E-state index in [0.717, 1.165) is 0 Å². The van der Waals surface area contributed by atoms with Crippen LogP contribution in [-0.4, -0.2) is 5.91 Å². The number of halogens is 5. The van der Waals surface area contributed by atoms with E-state index >= 15 is 0 Å². The lowest BCUT2D eigenvalue weighted by Gasteiger charge is -2.09. The Bertz CT molecular complexity index is 393. The fourth-order valence-electron chi connectivity index (χ4n) is 0.972. The van der Waals surface area contributed by atoms with E-state index in [1.54, 1.807) is 0 Å². The fourth-order valence-corrected chi connectivity index (χ4v) is 1.83. The number of amides is 1. The van der Waals surface area contributed by atoms with Gasteiger partial charge in [0.05, 0.1) is 11.1 Å². The molecule has 0 unspecified atom stereocenters. The zero-order chi connectivity index (χ0) is 11.8. The summed E-state index contributed by atoms with van der Waals surface area (Å²) < 4.78 is 49.5. The summed E-state index contributed by atoms with van der Waals surface area (Å²) in [5.74, 6) is -2.35. The minimum atomic E-state index is -4.64. The number of carbonyl (C=O) groups excluding carboxylic acids is 1. The summed E-state index contributed by atoms with van der Waals surface area (Å²) in [6, 6.07) is 0.923. The highest BCUT2D eigenvalue weighted by molar-refractivity contribution is 14.1. The second-order valence-electron chi connectivity index (χ2n) is 2.68.